The minimum atomic E-state index is -3.76. The average Bonchev–Trinajstić information content (AvgIpc) is 2.63. The number of carbonyl (C=O) groups is 2. The molecule has 1 aliphatic heterocycles. The number of nitrogens with one attached hydrogen (secondary N) is 1. The van der Waals surface area contributed by atoms with Crippen molar-refractivity contribution in [2.45, 2.75) is 11.8 Å². The van der Waals surface area contributed by atoms with E-state index in [9.17, 15) is 18.0 Å². The van der Waals surface area contributed by atoms with Gasteiger partial charge in [-0.15, -0.1) is 0 Å². The Bertz CT molecular complexity index is 740. The molecule has 0 unspecified atom stereocenters. The molecule has 1 amide bonds. The van der Waals surface area contributed by atoms with Gasteiger partial charge in [0.05, 0.1) is 5.75 Å². The molecular weight excluding hydrogens is 320 g/mol. The zero-order chi connectivity index (χ0) is 16.9. The molecule has 0 fully saturated rings. The Kier molecular flexibility index (Phi) is 5.30. The number of carbonyl (C=O) groups excluding carboxylic acids is 1. The summed E-state index contributed by atoms with van der Waals surface area (Å²) in [4.78, 5) is 24.0. The summed E-state index contributed by atoms with van der Waals surface area (Å²) in [5.74, 6) is -2.09. The van der Waals surface area contributed by atoms with Crippen LogP contribution < -0.4 is 4.72 Å². The standard InChI is InChI=1S/C15H16N2O5S/c18-14(19)10-17-9-5-4-8-13(15(17)20)16-23(21,22)11-12-6-2-1-3-7-12/h1-9,13,16H,10-11H2,(H,18,19)/t13-/m0/s1. The maximum absolute atomic E-state index is 12.2. The molecule has 0 aromatic heterocycles. The van der Waals surface area contributed by atoms with Crippen molar-refractivity contribution in [1.29, 1.82) is 0 Å². The zero-order valence-electron chi connectivity index (χ0n) is 12.1. The summed E-state index contributed by atoms with van der Waals surface area (Å²) in [7, 11) is -3.76. The number of hydrogen-bond donors (Lipinski definition) is 2. The van der Waals surface area contributed by atoms with Gasteiger partial charge in [-0.05, 0) is 11.6 Å². The molecule has 23 heavy (non-hydrogen) atoms. The SMILES string of the molecule is O=C(O)CN1C=CC=C[C@H](NS(=O)(=O)Cc2ccccc2)C1=O. The van der Waals surface area contributed by atoms with Gasteiger partial charge in [0.25, 0.3) is 0 Å². The highest BCUT2D eigenvalue weighted by Crippen LogP contribution is 2.09. The highest BCUT2D eigenvalue weighted by atomic mass is 32.2. The van der Waals surface area contributed by atoms with E-state index < -0.39 is 34.5 Å². The first-order chi connectivity index (χ1) is 10.9. The van der Waals surface area contributed by atoms with E-state index in [1.165, 1.54) is 24.4 Å². The molecule has 2 rings (SSSR count). The van der Waals surface area contributed by atoms with Gasteiger partial charge in [-0.2, -0.15) is 4.72 Å². The Morgan fingerprint density at radius 2 is 1.91 bits per heavy atom. The van der Waals surface area contributed by atoms with E-state index in [1.807, 2.05) is 0 Å². The molecule has 0 aliphatic carbocycles. The summed E-state index contributed by atoms with van der Waals surface area (Å²) in [5.41, 5.74) is 0.588. The number of sulfonamides is 1. The number of allylic oxidation sites excluding steroid dienone is 2. The monoisotopic (exact) mass is 336 g/mol. The Morgan fingerprint density at radius 1 is 1.22 bits per heavy atom. The minimum Gasteiger partial charge on any atom is -0.480 e. The molecule has 1 heterocycles. The third-order valence-corrected chi connectivity index (χ3v) is 4.37. The summed E-state index contributed by atoms with van der Waals surface area (Å²) >= 11 is 0. The van der Waals surface area contributed by atoms with Crippen LogP contribution in [-0.2, 0) is 25.4 Å². The van der Waals surface area contributed by atoms with Gasteiger partial charge in [0.2, 0.25) is 15.9 Å². The molecule has 1 aromatic carbocycles. The second-order valence-electron chi connectivity index (χ2n) is 4.93. The highest BCUT2D eigenvalue weighted by molar-refractivity contribution is 7.88. The highest BCUT2D eigenvalue weighted by Gasteiger charge is 2.27. The fourth-order valence-electron chi connectivity index (χ4n) is 2.06. The summed E-state index contributed by atoms with van der Waals surface area (Å²) in [6, 6.07) is 7.42. The van der Waals surface area contributed by atoms with E-state index in [0.29, 0.717) is 5.56 Å². The van der Waals surface area contributed by atoms with Gasteiger partial charge in [0.15, 0.2) is 0 Å². The first-order valence-electron chi connectivity index (χ1n) is 6.78. The molecule has 0 spiro atoms. The largest absolute Gasteiger partial charge is 0.480 e. The number of rotatable bonds is 6. The number of carboxylic acids is 1. The summed E-state index contributed by atoms with van der Waals surface area (Å²) < 4.78 is 26.7. The van der Waals surface area contributed by atoms with Crippen molar-refractivity contribution in [3.63, 3.8) is 0 Å². The van der Waals surface area contributed by atoms with Crippen molar-refractivity contribution < 1.29 is 23.1 Å². The van der Waals surface area contributed by atoms with E-state index in [0.717, 1.165) is 4.90 Å². The first-order valence-corrected chi connectivity index (χ1v) is 8.44. The van der Waals surface area contributed by atoms with Crippen molar-refractivity contribution in [3.8, 4) is 0 Å². The van der Waals surface area contributed by atoms with Crippen molar-refractivity contribution in [1.82, 2.24) is 9.62 Å². The fraction of sp³-hybridized carbons (Fsp3) is 0.200. The number of hydrogen-bond acceptors (Lipinski definition) is 4. The van der Waals surface area contributed by atoms with Gasteiger partial charge in [0, 0.05) is 6.20 Å². The molecule has 1 aromatic rings. The van der Waals surface area contributed by atoms with Gasteiger partial charge in [0.1, 0.15) is 12.6 Å². The predicted molar refractivity (Wildman–Crippen MR) is 83.6 cm³/mol. The van der Waals surface area contributed by atoms with Crippen molar-refractivity contribution in [2.24, 2.45) is 0 Å². The van der Waals surface area contributed by atoms with Crippen LogP contribution >= 0.6 is 0 Å². The molecule has 0 bridgehead atoms. The summed E-state index contributed by atoms with van der Waals surface area (Å²) in [6.45, 7) is -0.534. The first kappa shape index (κ1) is 16.9. The second kappa shape index (κ2) is 7.21. The van der Waals surface area contributed by atoms with Crippen molar-refractivity contribution >= 4 is 21.9 Å². The number of aliphatic carboxylic acids is 1. The van der Waals surface area contributed by atoms with Crippen LogP contribution in [0.2, 0.25) is 0 Å². The lowest BCUT2D eigenvalue weighted by atomic mass is 10.2. The average molecular weight is 336 g/mol. The van der Waals surface area contributed by atoms with Gasteiger partial charge < -0.3 is 10.0 Å². The molecule has 1 aliphatic rings. The molecule has 8 heteroatoms. The molecule has 0 saturated carbocycles. The van der Waals surface area contributed by atoms with Crippen LogP contribution in [0.5, 0.6) is 0 Å². The van der Waals surface area contributed by atoms with Gasteiger partial charge in [-0.25, -0.2) is 8.42 Å². The smallest absolute Gasteiger partial charge is 0.323 e. The van der Waals surface area contributed by atoms with E-state index in [4.69, 9.17) is 5.11 Å². The number of benzene rings is 1. The maximum atomic E-state index is 12.2. The van der Waals surface area contributed by atoms with E-state index in [2.05, 4.69) is 4.72 Å². The molecule has 0 radical (unpaired) electrons. The van der Waals surface area contributed by atoms with Crippen LogP contribution in [0, 0.1) is 0 Å². The van der Waals surface area contributed by atoms with Crippen LogP contribution in [0.1, 0.15) is 5.56 Å². The third kappa shape index (κ3) is 5.04. The molecule has 0 saturated heterocycles. The number of amides is 1. The van der Waals surface area contributed by atoms with Crippen molar-refractivity contribution in [3.05, 3.63) is 60.3 Å². The minimum absolute atomic E-state index is 0.266. The van der Waals surface area contributed by atoms with E-state index in [1.54, 1.807) is 30.3 Å². The predicted octanol–water partition coefficient (Wildman–Crippen LogP) is 0.471. The Morgan fingerprint density at radius 3 is 2.57 bits per heavy atom. The van der Waals surface area contributed by atoms with Crippen LogP contribution in [-0.4, -0.2) is 42.9 Å². The van der Waals surface area contributed by atoms with E-state index >= 15 is 0 Å². The Hall–Kier alpha value is -2.45. The molecule has 2 N–H and O–H groups in total. The number of nitrogens with zero attached hydrogens (tertiary/aromatic N) is 1. The zero-order valence-corrected chi connectivity index (χ0v) is 12.9. The van der Waals surface area contributed by atoms with Gasteiger partial charge in [-0.1, -0.05) is 42.5 Å². The normalized spacial score (nSPS) is 18.0. The van der Waals surface area contributed by atoms with Crippen molar-refractivity contribution in [2.75, 3.05) is 6.54 Å². The van der Waals surface area contributed by atoms with Crippen LogP contribution in [0.15, 0.2) is 54.8 Å². The quantitative estimate of drug-likeness (QED) is 0.786. The van der Waals surface area contributed by atoms with Crippen LogP contribution in [0.3, 0.4) is 0 Å². The molecule has 1 atom stereocenters. The fourth-order valence-corrected chi connectivity index (χ4v) is 3.34. The lowest BCUT2D eigenvalue weighted by molar-refractivity contribution is -0.142. The molecule has 7 nitrogen and oxygen atoms in total. The number of carboxylic acid groups (broad SMARTS) is 1. The van der Waals surface area contributed by atoms with Gasteiger partial charge in [-0.3, -0.25) is 9.59 Å². The van der Waals surface area contributed by atoms with Crippen LogP contribution in [0.4, 0.5) is 0 Å². The topological polar surface area (TPSA) is 104 Å². The lowest BCUT2D eigenvalue weighted by Crippen LogP contribution is -2.46. The third-order valence-electron chi connectivity index (χ3n) is 3.04. The summed E-state index contributed by atoms with van der Waals surface area (Å²) in [6.07, 6.45) is 5.66. The second-order valence-corrected chi connectivity index (χ2v) is 6.68. The molecule has 122 valence electrons. The molecular formula is C15H16N2O5S. The Labute approximate surface area is 134 Å². The lowest BCUT2D eigenvalue weighted by Gasteiger charge is -2.20. The maximum Gasteiger partial charge on any atom is 0.323 e. The summed E-state index contributed by atoms with van der Waals surface area (Å²) in [5, 5.41) is 8.80. The van der Waals surface area contributed by atoms with Crippen LogP contribution in [0.25, 0.3) is 0 Å². The van der Waals surface area contributed by atoms with E-state index in [-0.39, 0.29) is 5.75 Å². The Balaban J connectivity index is 2.11. The van der Waals surface area contributed by atoms with Gasteiger partial charge >= 0.3 is 5.97 Å².